The Balaban J connectivity index is 1.94. The van der Waals surface area contributed by atoms with Gasteiger partial charge in [-0.3, -0.25) is 4.79 Å². The number of carbonyl (C=O) groups is 1. The molecule has 0 bridgehead atoms. The van der Waals surface area contributed by atoms with Crippen molar-refractivity contribution in [2.45, 2.75) is 29.5 Å². The molecule has 0 radical (unpaired) electrons. The number of halogens is 2. The van der Waals surface area contributed by atoms with E-state index in [0.717, 1.165) is 12.8 Å². The quantitative estimate of drug-likeness (QED) is 0.790. The number of benzene rings is 1. The predicted molar refractivity (Wildman–Crippen MR) is 71.3 cm³/mol. The van der Waals surface area contributed by atoms with E-state index >= 15 is 0 Å². The first-order valence-corrected chi connectivity index (χ1v) is 7.04. The van der Waals surface area contributed by atoms with Gasteiger partial charge >= 0.3 is 0 Å². The number of nitrogens with two attached hydrogens (primary N) is 1. The highest BCUT2D eigenvalue weighted by Gasteiger charge is 2.31. The van der Waals surface area contributed by atoms with Gasteiger partial charge in [0.15, 0.2) is 0 Å². The van der Waals surface area contributed by atoms with E-state index in [1.54, 1.807) is 12.1 Å². The van der Waals surface area contributed by atoms with Gasteiger partial charge in [0.2, 0.25) is 0 Å². The summed E-state index contributed by atoms with van der Waals surface area (Å²) in [6.45, 7) is 0.426. The highest BCUT2D eigenvalue weighted by Crippen LogP contribution is 2.32. The monoisotopic (exact) mass is 286 g/mol. The Labute approximate surface area is 114 Å². The van der Waals surface area contributed by atoms with Crippen molar-refractivity contribution >= 4 is 17.7 Å². The molecule has 0 aliphatic heterocycles. The van der Waals surface area contributed by atoms with Gasteiger partial charge in [-0.05, 0) is 43.0 Å². The summed E-state index contributed by atoms with van der Waals surface area (Å²) in [6.07, 6.45) is 2.21. The molecule has 0 aromatic heterocycles. The Morgan fingerprint density at radius 3 is 2.47 bits per heavy atom. The topological polar surface area (TPSA) is 55.1 Å². The van der Waals surface area contributed by atoms with Gasteiger partial charge in [0.1, 0.15) is 0 Å². The lowest BCUT2D eigenvalue weighted by atomic mass is 10.1. The Hall–Kier alpha value is -1.14. The SMILES string of the molecule is NCC(NC(=O)c1ccc(SC(F)F)cc1)C1CC1. The minimum atomic E-state index is -2.45. The van der Waals surface area contributed by atoms with Crippen LogP contribution in [0.3, 0.4) is 0 Å². The Morgan fingerprint density at radius 1 is 1.37 bits per heavy atom. The van der Waals surface area contributed by atoms with Gasteiger partial charge in [-0.2, -0.15) is 8.78 Å². The highest BCUT2D eigenvalue weighted by atomic mass is 32.2. The van der Waals surface area contributed by atoms with Gasteiger partial charge in [-0.15, -0.1) is 0 Å². The highest BCUT2D eigenvalue weighted by molar-refractivity contribution is 7.99. The minimum absolute atomic E-state index is 0.0163. The third kappa shape index (κ3) is 4.18. The lowest BCUT2D eigenvalue weighted by Crippen LogP contribution is -2.41. The van der Waals surface area contributed by atoms with Crippen molar-refractivity contribution in [1.29, 1.82) is 0 Å². The van der Waals surface area contributed by atoms with E-state index in [1.807, 2.05) is 0 Å². The average molecular weight is 286 g/mol. The number of hydrogen-bond donors (Lipinski definition) is 2. The summed E-state index contributed by atoms with van der Waals surface area (Å²) in [7, 11) is 0. The van der Waals surface area contributed by atoms with Gasteiger partial charge in [-0.25, -0.2) is 0 Å². The largest absolute Gasteiger partial charge is 0.348 e. The second-order valence-electron chi connectivity index (χ2n) is 4.56. The zero-order valence-electron chi connectivity index (χ0n) is 10.3. The lowest BCUT2D eigenvalue weighted by Gasteiger charge is -2.16. The van der Waals surface area contributed by atoms with Gasteiger partial charge in [0.05, 0.1) is 0 Å². The standard InChI is InChI=1S/C13H16F2N2OS/c14-13(15)19-10-5-3-9(4-6-10)12(18)17-11(7-16)8-1-2-8/h3-6,8,11,13H,1-2,7,16H2,(H,17,18). The van der Waals surface area contributed by atoms with Crippen molar-refractivity contribution in [2.24, 2.45) is 11.7 Å². The van der Waals surface area contributed by atoms with Crippen LogP contribution in [-0.4, -0.2) is 24.3 Å². The summed E-state index contributed by atoms with van der Waals surface area (Å²) < 4.78 is 24.3. The fraction of sp³-hybridized carbons (Fsp3) is 0.462. The molecule has 1 aromatic carbocycles. The number of nitrogens with one attached hydrogen (secondary N) is 1. The van der Waals surface area contributed by atoms with Crippen LogP contribution in [0.25, 0.3) is 0 Å². The normalized spacial score (nSPS) is 16.4. The fourth-order valence-corrected chi connectivity index (χ4v) is 2.41. The molecule has 0 spiro atoms. The van der Waals surface area contributed by atoms with Crippen LogP contribution >= 0.6 is 11.8 Å². The van der Waals surface area contributed by atoms with Crippen LogP contribution in [0.4, 0.5) is 8.78 Å². The molecule has 1 atom stereocenters. The van der Waals surface area contributed by atoms with E-state index in [1.165, 1.54) is 12.1 Å². The van der Waals surface area contributed by atoms with Crippen LogP contribution in [0.2, 0.25) is 0 Å². The molecule has 6 heteroatoms. The second-order valence-corrected chi connectivity index (χ2v) is 5.62. The molecule has 1 aliphatic carbocycles. The molecule has 19 heavy (non-hydrogen) atoms. The van der Waals surface area contributed by atoms with Crippen molar-refractivity contribution in [3.63, 3.8) is 0 Å². The number of carbonyl (C=O) groups excluding carboxylic acids is 1. The maximum absolute atomic E-state index is 12.2. The van der Waals surface area contributed by atoms with Crippen LogP contribution in [0, 0.1) is 5.92 Å². The summed E-state index contributed by atoms with van der Waals surface area (Å²) in [4.78, 5) is 12.4. The first kappa shape index (κ1) is 14.3. The molecular weight excluding hydrogens is 270 g/mol. The predicted octanol–water partition coefficient (Wildman–Crippen LogP) is 2.47. The first-order chi connectivity index (χ1) is 9.10. The van der Waals surface area contributed by atoms with Crippen molar-refractivity contribution < 1.29 is 13.6 Å². The molecule has 1 fully saturated rings. The van der Waals surface area contributed by atoms with Crippen LogP contribution in [0.5, 0.6) is 0 Å². The van der Waals surface area contributed by atoms with Gasteiger partial charge in [0, 0.05) is 23.0 Å². The van der Waals surface area contributed by atoms with E-state index in [2.05, 4.69) is 5.32 Å². The molecule has 1 unspecified atom stereocenters. The van der Waals surface area contributed by atoms with E-state index in [-0.39, 0.29) is 11.9 Å². The number of thioether (sulfide) groups is 1. The number of amides is 1. The Bertz CT molecular complexity index is 435. The van der Waals surface area contributed by atoms with Crippen molar-refractivity contribution in [3.05, 3.63) is 29.8 Å². The second kappa shape index (κ2) is 6.34. The maximum Gasteiger partial charge on any atom is 0.288 e. The molecule has 1 aliphatic rings. The number of rotatable bonds is 6. The summed E-state index contributed by atoms with van der Waals surface area (Å²) in [5.74, 6) is -2.16. The summed E-state index contributed by atoms with van der Waals surface area (Å²) in [5.41, 5.74) is 6.09. The van der Waals surface area contributed by atoms with E-state index < -0.39 is 5.76 Å². The lowest BCUT2D eigenvalue weighted by molar-refractivity contribution is 0.0933. The van der Waals surface area contributed by atoms with Gasteiger partial charge in [0.25, 0.3) is 11.7 Å². The average Bonchev–Trinajstić information content (AvgIpc) is 3.20. The molecule has 1 amide bonds. The van der Waals surface area contributed by atoms with Crippen LogP contribution in [-0.2, 0) is 0 Å². The summed E-state index contributed by atoms with van der Waals surface area (Å²) in [5, 5.41) is 2.89. The number of alkyl halides is 2. The maximum atomic E-state index is 12.2. The van der Waals surface area contributed by atoms with E-state index in [9.17, 15) is 13.6 Å². The molecule has 1 aromatic rings. The molecule has 2 rings (SSSR count). The third-order valence-electron chi connectivity index (χ3n) is 3.10. The van der Waals surface area contributed by atoms with Crippen LogP contribution in [0.1, 0.15) is 23.2 Å². The van der Waals surface area contributed by atoms with Crippen molar-refractivity contribution in [2.75, 3.05) is 6.54 Å². The molecule has 1 saturated carbocycles. The van der Waals surface area contributed by atoms with Crippen LogP contribution in [0.15, 0.2) is 29.2 Å². The van der Waals surface area contributed by atoms with Gasteiger partial charge in [-0.1, -0.05) is 11.8 Å². The van der Waals surface area contributed by atoms with Crippen LogP contribution < -0.4 is 11.1 Å². The third-order valence-corrected chi connectivity index (χ3v) is 3.83. The first-order valence-electron chi connectivity index (χ1n) is 6.16. The fourth-order valence-electron chi connectivity index (χ4n) is 1.91. The zero-order valence-corrected chi connectivity index (χ0v) is 11.1. The van der Waals surface area contributed by atoms with Gasteiger partial charge < -0.3 is 11.1 Å². The van der Waals surface area contributed by atoms with Crippen molar-refractivity contribution in [1.82, 2.24) is 5.32 Å². The summed E-state index contributed by atoms with van der Waals surface area (Å²) >= 11 is 0.467. The molecule has 0 heterocycles. The van der Waals surface area contributed by atoms with E-state index in [0.29, 0.717) is 34.7 Å². The molecule has 0 saturated heterocycles. The Morgan fingerprint density at radius 2 is 2.00 bits per heavy atom. The Kier molecular flexibility index (Phi) is 4.76. The molecule has 3 nitrogen and oxygen atoms in total. The molecule has 3 N–H and O–H groups in total. The molecule has 104 valence electrons. The van der Waals surface area contributed by atoms with Crippen molar-refractivity contribution in [3.8, 4) is 0 Å². The number of hydrogen-bond acceptors (Lipinski definition) is 3. The van der Waals surface area contributed by atoms with E-state index in [4.69, 9.17) is 5.73 Å². The zero-order chi connectivity index (χ0) is 13.8. The molecular formula is C13H16F2N2OS. The minimum Gasteiger partial charge on any atom is -0.348 e. The smallest absolute Gasteiger partial charge is 0.288 e. The summed E-state index contributed by atoms with van der Waals surface area (Å²) in [6, 6.07) is 6.18.